The maximum atomic E-state index is 11.6. The molecule has 1 aliphatic rings. The van der Waals surface area contributed by atoms with Gasteiger partial charge in [-0.3, -0.25) is 10.1 Å². The number of amides is 1. The highest BCUT2D eigenvalue weighted by molar-refractivity contribution is 5.82. The molecule has 1 aromatic heterocycles. The minimum absolute atomic E-state index is 0.0466. The third kappa shape index (κ3) is 3.66. The van der Waals surface area contributed by atoms with Crippen molar-refractivity contribution >= 4 is 5.91 Å². The van der Waals surface area contributed by atoms with E-state index in [9.17, 15) is 4.79 Å². The van der Waals surface area contributed by atoms with Crippen LogP contribution in [-0.2, 0) is 17.8 Å². The van der Waals surface area contributed by atoms with Gasteiger partial charge in [0.2, 0.25) is 11.8 Å². The topological polar surface area (TPSA) is 80.0 Å². The lowest BCUT2D eigenvalue weighted by atomic mass is 10.1. The first kappa shape index (κ1) is 13.8. The highest BCUT2D eigenvalue weighted by Gasteiger charge is 2.21. The Labute approximate surface area is 122 Å². The zero-order valence-electron chi connectivity index (χ0n) is 11.7. The summed E-state index contributed by atoms with van der Waals surface area (Å²) in [6, 6.07) is 9.84. The molecule has 6 heteroatoms. The van der Waals surface area contributed by atoms with Gasteiger partial charge in [0.1, 0.15) is 0 Å². The Morgan fingerprint density at radius 2 is 2.19 bits per heavy atom. The van der Waals surface area contributed by atoms with Crippen molar-refractivity contribution in [3.8, 4) is 0 Å². The van der Waals surface area contributed by atoms with Crippen LogP contribution in [0.5, 0.6) is 0 Å². The Morgan fingerprint density at radius 1 is 1.33 bits per heavy atom. The largest absolute Gasteiger partial charge is 0.355 e. The van der Waals surface area contributed by atoms with Crippen LogP contribution in [-0.4, -0.2) is 28.6 Å². The molecule has 6 nitrogen and oxygen atoms in total. The monoisotopic (exact) mass is 286 g/mol. The van der Waals surface area contributed by atoms with Gasteiger partial charge in [0.15, 0.2) is 5.82 Å². The fourth-order valence-corrected chi connectivity index (χ4v) is 2.39. The second kappa shape index (κ2) is 6.49. The Bertz CT molecular complexity index is 597. The van der Waals surface area contributed by atoms with E-state index in [1.807, 2.05) is 30.3 Å². The number of piperidine rings is 1. The van der Waals surface area contributed by atoms with E-state index in [4.69, 9.17) is 4.52 Å². The van der Waals surface area contributed by atoms with Crippen molar-refractivity contribution in [1.29, 1.82) is 0 Å². The zero-order chi connectivity index (χ0) is 14.5. The van der Waals surface area contributed by atoms with Gasteiger partial charge in [-0.1, -0.05) is 35.5 Å². The smallest absolute Gasteiger partial charge is 0.240 e. The summed E-state index contributed by atoms with van der Waals surface area (Å²) in [5.74, 6) is 1.22. The van der Waals surface area contributed by atoms with Gasteiger partial charge in [0.25, 0.3) is 0 Å². The van der Waals surface area contributed by atoms with Crippen molar-refractivity contribution in [2.75, 3.05) is 6.54 Å². The predicted molar refractivity (Wildman–Crippen MR) is 76.4 cm³/mol. The van der Waals surface area contributed by atoms with Crippen molar-refractivity contribution in [1.82, 2.24) is 20.8 Å². The van der Waals surface area contributed by atoms with E-state index in [2.05, 4.69) is 20.8 Å². The lowest BCUT2D eigenvalue weighted by Crippen LogP contribution is -2.47. The summed E-state index contributed by atoms with van der Waals surface area (Å²) in [7, 11) is 0. The number of hydrogen-bond donors (Lipinski definition) is 2. The SMILES string of the molecule is O=C1NCCCC1NCc1nc(Cc2ccccc2)no1. The Morgan fingerprint density at radius 3 is 3.00 bits per heavy atom. The van der Waals surface area contributed by atoms with Gasteiger partial charge in [-0.25, -0.2) is 0 Å². The summed E-state index contributed by atoms with van der Waals surface area (Å²) in [6.45, 7) is 1.18. The van der Waals surface area contributed by atoms with Crippen LogP contribution >= 0.6 is 0 Å². The number of nitrogens with zero attached hydrogens (tertiary/aromatic N) is 2. The molecule has 0 saturated carbocycles. The maximum Gasteiger partial charge on any atom is 0.240 e. The summed E-state index contributed by atoms with van der Waals surface area (Å²) in [5.41, 5.74) is 1.14. The maximum absolute atomic E-state index is 11.6. The number of carbonyl (C=O) groups excluding carboxylic acids is 1. The molecular formula is C15H18N4O2. The molecule has 1 aromatic carbocycles. The van der Waals surface area contributed by atoms with Crippen LogP contribution in [0.1, 0.15) is 30.1 Å². The van der Waals surface area contributed by atoms with Gasteiger partial charge in [-0.2, -0.15) is 4.98 Å². The minimum Gasteiger partial charge on any atom is -0.355 e. The molecule has 2 heterocycles. The van der Waals surface area contributed by atoms with Crippen LogP contribution in [0.2, 0.25) is 0 Å². The normalized spacial score (nSPS) is 18.5. The third-order valence-electron chi connectivity index (χ3n) is 3.50. The summed E-state index contributed by atoms with van der Waals surface area (Å²) in [6.07, 6.45) is 2.48. The van der Waals surface area contributed by atoms with Gasteiger partial charge < -0.3 is 9.84 Å². The van der Waals surface area contributed by atoms with E-state index in [-0.39, 0.29) is 11.9 Å². The number of rotatable bonds is 5. The number of benzene rings is 1. The van der Waals surface area contributed by atoms with Crippen LogP contribution in [0, 0.1) is 0 Å². The number of nitrogens with one attached hydrogen (secondary N) is 2. The summed E-state index contributed by atoms with van der Waals surface area (Å²) >= 11 is 0. The van der Waals surface area contributed by atoms with Crippen LogP contribution in [0.3, 0.4) is 0 Å². The molecule has 110 valence electrons. The molecule has 1 fully saturated rings. The molecule has 1 atom stereocenters. The van der Waals surface area contributed by atoms with E-state index in [0.717, 1.165) is 24.9 Å². The lowest BCUT2D eigenvalue weighted by Gasteiger charge is -2.21. The van der Waals surface area contributed by atoms with E-state index in [1.165, 1.54) is 0 Å². The molecule has 21 heavy (non-hydrogen) atoms. The minimum atomic E-state index is -0.164. The van der Waals surface area contributed by atoms with E-state index in [1.54, 1.807) is 0 Å². The fourth-order valence-electron chi connectivity index (χ4n) is 2.39. The van der Waals surface area contributed by atoms with E-state index in [0.29, 0.717) is 24.7 Å². The first-order valence-corrected chi connectivity index (χ1v) is 7.18. The molecule has 0 radical (unpaired) electrons. The molecule has 1 saturated heterocycles. The zero-order valence-corrected chi connectivity index (χ0v) is 11.7. The first-order chi connectivity index (χ1) is 10.3. The highest BCUT2D eigenvalue weighted by Crippen LogP contribution is 2.08. The molecule has 2 N–H and O–H groups in total. The molecule has 3 rings (SSSR count). The average Bonchev–Trinajstić information content (AvgIpc) is 2.95. The van der Waals surface area contributed by atoms with Gasteiger partial charge in [-0.15, -0.1) is 0 Å². The standard InChI is InChI=1S/C15H18N4O2/c20-15-12(7-4-8-16-15)17-10-14-18-13(19-21-14)9-11-5-2-1-3-6-11/h1-3,5-6,12,17H,4,7-10H2,(H,16,20). The first-order valence-electron chi connectivity index (χ1n) is 7.18. The van der Waals surface area contributed by atoms with Crippen molar-refractivity contribution in [2.24, 2.45) is 0 Å². The molecular weight excluding hydrogens is 268 g/mol. The van der Waals surface area contributed by atoms with Gasteiger partial charge >= 0.3 is 0 Å². The molecule has 1 aliphatic heterocycles. The van der Waals surface area contributed by atoms with Crippen molar-refractivity contribution < 1.29 is 9.32 Å². The van der Waals surface area contributed by atoms with Gasteiger partial charge in [-0.05, 0) is 18.4 Å². The second-order valence-corrected chi connectivity index (χ2v) is 5.13. The quantitative estimate of drug-likeness (QED) is 0.858. The molecule has 1 unspecified atom stereocenters. The van der Waals surface area contributed by atoms with Crippen molar-refractivity contribution in [2.45, 2.75) is 31.8 Å². The van der Waals surface area contributed by atoms with Crippen LogP contribution in [0.15, 0.2) is 34.9 Å². The van der Waals surface area contributed by atoms with Gasteiger partial charge in [0.05, 0.1) is 12.6 Å². The summed E-state index contributed by atoms with van der Waals surface area (Å²) < 4.78 is 5.21. The summed E-state index contributed by atoms with van der Waals surface area (Å²) in [4.78, 5) is 16.0. The molecule has 0 bridgehead atoms. The Kier molecular flexibility index (Phi) is 4.25. The van der Waals surface area contributed by atoms with Gasteiger partial charge in [0, 0.05) is 13.0 Å². The fraction of sp³-hybridized carbons (Fsp3) is 0.400. The van der Waals surface area contributed by atoms with E-state index < -0.39 is 0 Å². The van der Waals surface area contributed by atoms with Crippen LogP contribution in [0.25, 0.3) is 0 Å². The molecule has 2 aromatic rings. The lowest BCUT2D eigenvalue weighted by molar-refractivity contribution is -0.124. The molecule has 0 spiro atoms. The Balaban J connectivity index is 1.54. The molecule has 0 aliphatic carbocycles. The van der Waals surface area contributed by atoms with Crippen molar-refractivity contribution in [3.63, 3.8) is 0 Å². The van der Waals surface area contributed by atoms with E-state index >= 15 is 0 Å². The third-order valence-corrected chi connectivity index (χ3v) is 3.50. The Hall–Kier alpha value is -2.21. The predicted octanol–water partition coefficient (Wildman–Crippen LogP) is 1.03. The number of carbonyl (C=O) groups is 1. The number of aromatic nitrogens is 2. The average molecular weight is 286 g/mol. The van der Waals surface area contributed by atoms with Crippen LogP contribution < -0.4 is 10.6 Å². The van der Waals surface area contributed by atoms with Crippen LogP contribution in [0.4, 0.5) is 0 Å². The highest BCUT2D eigenvalue weighted by atomic mass is 16.5. The summed E-state index contributed by atoms with van der Waals surface area (Å²) in [5, 5.41) is 9.96. The molecule has 1 amide bonds. The number of hydrogen-bond acceptors (Lipinski definition) is 5. The second-order valence-electron chi connectivity index (χ2n) is 5.13. The van der Waals surface area contributed by atoms with Crippen molar-refractivity contribution in [3.05, 3.63) is 47.6 Å².